The summed E-state index contributed by atoms with van der Waals surface area (Å²) in [7, 11) is 0. The lowest BCUT2D eigenvalue weighted by Crippen LogP contribution is -2.29. The Balaban J connectivity index is 2.03. The molecule has 0 radical (unpaired) electrons. The SMILES string of the molecule is CCN(CC)c1ccc(C(=O)NN=C2[C@H](C)CCC[C@@H]2C)cc1. The number of anilines is 1. The Morgan fingerprint density at radius 2 is 1.70 bits per heavy atom. The topological polar surface area (TPSA) is 44.7 Å². The second-order valence-electron chi connectivity index (χ2n) is 6.43. The Labute approximate surface area is 140 Å². The van der Waals surface area contributed by atoms with E-state index < -0.39 is 0 Å². The van der Waals surface area contributed by atoms with Crippen LogP contribution >= 0.6 is 0 Å². The molecule has 0 saturated heterocycles. The van der Waals surface area contributed by atoms with Gasteiger partial charge in [-0.2, -0.15) is 5.10 Å². The monoisotopic (exact) mass is 315 g/mol. The number of hydrazone groups is 1. The zero-order chi connectivity index (χ0) is 16.8. The fourth-order valence-corrected chi connectivity index (χ4v) is 3.32. The largest absolute Gasteiger partial charge is 0.372 e. The van der Waals surface area contributed by atoms with Crippen LogP contribution in [-0.4, -0.2) is 24.7 Å². The Morgan fingerprint density at radius 1 is 1.13 bits per heavy atom. The van der Waals surface area contributed by atoms with Crippen molar-refractivity contribution in [3.63, 3.8) is 0 Å². The number of nitrogens with one attached hydrogen (secondary N) is 1. The van der Waals surface area contributed by atoms with Crippen molar-refractivity contribution >= 4 is 17.3 Å². The predicted molar refractivity (Wildman–Crippen MR) is 97.1 cm³/mol. The van der Waals surface area contributed by atoms with Crippen molar-refractivity contribution in [2.75, 3.05) is 18.0 Å². The molecule has 1 saturated carbocycles. The average Bonchev–Trinajstić information content (AvgIpc) is 2.56. The van der Waals surface area contributed by atoms with Gasteiger partial charge in [-0.15, -0.1) is 0 Å². The highest BCUT2D eigenvalue weighted by atomic mass is 16.2. The molecule has 1 N–H and O–H groups in total. The number of hydrogen-bond donors (Lipinski definition) is 1. The number of rotatable bonds is 5. The first-order chi connectivity index (χ1) is 11.1. The zero-order valence-electron chi connectivity index (χ0n) is 14.8. The molecule has 0 bridgehead atoms. The molecular formula is C19H29N3O. The molecule has 0 heterocycles. The molecule has 1 fully saturated rings. The number of benzene rings is 1. The summed E-state index contributed by atoms with van der Waals surface area (Å²) in [5, 5.41) is 4.42. The molecule has 4 nitrogen and oxygen atoms in total. The lowest BCUT2D eigenvalue weighted by molar-refractivity contribution is 0.0954. The summed E-state index contributed by atoms with van der Waals surface area (Å²) >= 11 is 0. The normalized spacial score (nSPS) is 22.9. The van der Waals surface area contributed by atoms with Gasteiger partial charge < -0.3 is 4.90 Å². The highest BCUT2D eigenvalue weighted by Crippen LogP contribution is 2.25. The third-order valence-corrected chi connectivity index (χ3v) is 4.83. The molecule has 1 aliphatic carbocycles. The van der Waals surface area contributed by atoms with E-state index in [-0.39, 0.29) is 5.91 Å². The third-order valence-electron chi connectivity index (χ3n) is 4.83. The summed E-state index contributed by atoms with van der Waals surface area (Å²) in [6.45, 7) is 10.6. The van der Waals surface area contributed by atoms with Crippen LogP contribution in [0.2, 0.25) is 0 Å². The summed E-state index contributed by atoms with van der Waals surface area (Å²) < 4.78 is 0. The van der Waals surface area contributed by atoms with Crippen molar-refractivity contribution in [3.05, 3.63) is 29.8 Å². The van der Waals surface area contributed by atoms with Crippen LogP contribution in [0.3, 0.4) is 0 Å². The van der Waals surface area contributed by atoms with E-state index in [1.807, 2.05) is 24.3 Å². The number of amides is 1. The Morgan fingerprint density at radius 3 is 2.22 bits per heavy atom. The molecule has 23 heavy (non-hydrogen) atoms. The Hall–Kier alpha value is -1.84. The van der Waals surface area contributed by atoms with Crippen molar-refractivity contribution in [3.8, 4) is 0 Å². The van der Waals surface area contributed by atoms with Gasteiger partial charge in [0.15, 0.2) is 0 Å². The second-order valence-corrected chi connectivity index (χ2v) is 6.43. The molecule has 1 aromatic carbocycles. The maximum Gasteiger partial charge on any atom is 0.271 e. The molecule has 0 unspecified atom stereocenters. The summed E-state index contributed by atoms with van der Waals surface area (Å²) in [5.74, 6) is 0.793. The van der Waals surface area contributed by atoms with Gasteiger partial charge in [0.2, 0.25) is 0 Å². The van der Waals surface area contributed by atoms with Crippen LogP contribution in [0.15, 0.2) is 29.4 Å². The van der Waals surface area contributed by atoms with E-state index in [0.717, 1.165) is 37.3 Å². The molecule has 2 rings (SSSR count). The van der Waals surface area contributed by atoms with Gasteiger partial charge in [-0.25, -0.2) is 5.43 Å². The minimum Gasteiger partial charge on any atom is -0.372 e. The quantitative estimate of drug-likeness (QED) is 0.832. The molecule has 1 amide bonds. The molecule has 4 heteroatoms. The Bertz CT molecular complexity index is 534. The third kappa shape index (κ3) is 4.34. The fraction of sp³-hybridized carbons (Fsp3) is 0.579. The van der Waals surface area contributed by atoms with Crippen molar-refractivity contribution in [1.29, 1.82) is 0 Å². The van der Waals surface area contributed by atoms with E-state index in [1.165, 1.54) is 6.42 Å². The van der Waals surface area contributed by atoms with Gasteiger partial charge in [-0.05, 0) is 62.8 Å². The van der Waals surface area contributed by atoms with E-state index in [9.17, 15) is 4.79 Å². The number of hydrogen-bond acceptors (Lipinski definition) is 3. The van der Waals surface area contributed by atoms with Crippen LogP contribution in [0.5, 0.6) is 0 Å². The minimum absolute atomic E-state index is 0.131. The van der Waals surface area contributed by atoms with Crippen molar-refractivity contribution in [2.24, 2.45) is 16.9 Å². The van der Waals surface area contributed by atoms with Crippen LogP contribution in [-0.2, 0) is 0 Å². The summed E-state index contributed by atoms with van der Waals surface area (Å²) in [5.41, 5.74) is 5.67. The molecule has 0 aromatic heterocycles. The zero-order valence-corrected chi connectivity index (χ0v) is 14.8. The highest BCUT2D eigenvalue weighted by Gasteiger charge is 2.23. The van der Waals surface area contributed by atoms with Gasteiger partial charge in [0.05, 0.1) is 0 Å². The van der Waals surface area contributed by atoms with E-state index >= 15 is 0 Å². The highest BCUT2D eigenvalue weighted by molar-refractivity contribution is 5.96. The van der Waals surface area contributed by atoms with Gasteiger partial charge in [0.1, 0.15) is 0 Å². The van der Waals surface area contributed by atoms with Crippen molar-refractivity contribution in [2.45, 2.75) is 47.0 Å². The van der Waals surface area contributed by atoms with Crippen LogP contribution in [0, 0.1) is 11.8 Å². The van der Waals surface area contributed by atoms with Gasteiger partial charge in [0.25, 0.3) is 5.91 Å². The fourth-order valence-electron chi connectivity index (χ4n) is 3.32. The smallest absolute Gasteiger partial charge is 0.271 e. The Kier molecular flexibility index (Phi) is 6.20. The minimum atomic E-state index is -0.131. The van der Waals surface area contributed by atoms with Crippen LogP contribution in [0.25, 0.3) is 0 Å². The first-order valence-corrected chi connectivity index (χ1v) is 8.79. The number of carbonyl (C=O) groups excluding carboxylic acids is 1. The van der Waals surface area contributed by atoms with Gasteiger partial charge in [-0.3, -0.25) is 4.79 Å². The van der Waals surface area contributed by atoms with Gasteiger partial charge >= 0.3 is 0 Å². The molecule has 126 valence electrons. The van der Waals surface area contributed by atoms with Crippen LogP contribution < -0.4 is 10.3 Å². The molecule has 0 aliphatic heterocycles. The standard InChI is InChI=1S/C19H29N3O/c1-5-22(6-2)17-12-10-16(11-13-17)19(23)21-20-18-14(3)8-7-9-15(18)4/h10-15H,5-9H2,1-4H3,(H,21,23)/t14-,15+. The molecule has 1 aliphatic rings. The van der Waals surface area contributed by atoms with Crippen molar-refractivity contribution < 1.29 is 4.79 Å². The van der Waals surface area contributed by atoms with Crippen LogP contribution in [0.1, 0.15) is 57.3 Å². The first kappa shape index (κ1) is 17.5. The molecule has 1 aromatic rings. The maximum absolute atomic E-state index is 12.3. The van der Waals surface area contributed by atoms with Crippen molar-refractivity contribution in [1.82, 2.24) is 5.43 Å². The van der Waals surface area contributed by atoms with Crippen LogP contribution in [0.4, 0.5) is 5.69 Å². The first-order valence-electron chi connectivity index (χ1n) is 8.79. The number of nitrogens with zero attached hydrogens (tertiary/aromatic N) is 2. The van der Waals surface area contributed by atoms with E-state index in [0.29, 0.717) is 17.4 Å². The number of carbonyl (C=O) groups is 1. The summed E-state index contributed by atoms with van der Waals surface area (Å²) in [6.07, 6.45) is 3.58. The second kappa shape index (κ2) is 8.14. The molecular weight excluding hydrogens is 286 g/mol. The van der Waals surface area contributed by atoms with E-state index in [2.05, 4.69) is 43.1 Å². The van der Waals surface area contributed by atoms with E-state index in [1.54, 1.807) is 0 Å². The molecule has 2 atom stereocenters. The van der Waals surface area contributed by atoms with Gasteiger partial charge in [-0.1, -0.05) is 20.3 Å². The lowest BCUT2D eigenvalue weighted by Gasteiger charge is -2.26. The summed E-state index contributed by atoms with van der Waals surface area (Å²) in [6, 6.07) is 7.75. The van der Waals surface area contributed by atoms with Gasteiger partial charge in [0, 0.05) is 30.1 Å². The predicted octanol–water partition coefficient (Wildman–Crippen LogP) is 4.07. The van der Waals surface area contributed by atoms with E-state index in [4.69, 9.17) is 0 Å². The summed E-state index contributed by atoms with van der Waals surface area (Å²) in [4.78, 5) is 14.5. The molecule has 0 spiro atoms. The maximum atomic E-state index is 12.3. The average molecular weight is 315 g/mol. The lowest BCUT2D eigenvalue weighted by atomic mass is 9.81.